The van der Waals surface area contributed by atoms with E-state index in [1.54, 1.807) is 6.92 Å². The van der Waals surface area contributed by atoms with Crippen molar-refractivity contribution < 1.29 is 24.4 Å². The van der Waals surface area contributed by atoms with Crippen molar-refractivity contribution >= 4 is 17.6 Å². The number of amides is 1. The zero-order valence-electron chi connectivity index (χ0n) is 11.6. The highest BCUT2D eigenvalue weighted by atomic mass is 16.6. The lowest BCUT2D eigenvalue weighted by Crippen LogP contribution is -2.45. The molecule has 1 aromatic rings. The molecule has 114 valence electrons. The van der Waals surface area contributed by atoms with Crippen LogP contribution in [-0.4, -0.2) is 34.6 Å². The van der Waals surface area contributed by atoms with Crippen molar-refractivity contribution in [3.05, 3.63) is 39.9 Å². The minimum atomic E-state index is -1.37. The molecule has 0 spiro atoms. The van der Waals surface area contributed by atoms with E-state index >= 15 is 0 Å². The first-order valence-electron chi connectivity index (χ1n) is 6.23. The van der Waals surface area contributed by atoms with E-state index in [4.69, 9.17) is 4.74 Å². The number of hydrogen-bond donors (Lipinski definition) is 2. The predicted octanol–water partition coefficient (Wildman–Crippen LogP) is 0.696. The van der Waals surface area contributed by atoms with Crippen LogP contribution in [0.2, 0.25) is 0 Å². The Morgan fingerprint density at radius 1 is 1.38 bits per heavy atom. The van der Waals surface area contributed by atoms with E-state index in [-0.39, 0.29) is 17.9 Å². The minimum absolute atomic E-state index is 0.0991. The van der Waals surface area contributed by atoms with Crippen molar-refractivity contribution in [2.75, 3.05) is 6.61 Å². The molecular formula is C13H16N2O6. The fraction of sp³-hybridized carbons (Fsp3) is 0.385. The van der Waals surface area contributed by atoms with Crippen LogP contribution in [0, 0.1) is 10.1 Å². The van der Waals surface area contributed by atoms with Gasteiger partial charge in [0, 0.05) is 19.1 Å². The number of aliphatic hydroxyl groups excluding tert-OH is 1. The summed E-state index contributed by atoms with van der Waals surface area (Å²) < 4.78 is 4.79. The third-order valence-electron chi connectivity index (χ3n) is 2.66. The first-order chi connectivity index (χ1) is 9.86. The van der Waals surface area contributed by atoms with E-state index in [9.17, 15) is 24.8 Å². The maximum Gasteiger partial charge on any atom is 0.331 e. The Balaban J connectivity index is 2.97. The van der Waals surface area contributed by atoms with Crippen LogP contribution in [0.3, 0.4) is 0 Å². The molecule has 0 aliphatic rings. The molecule has 1 amide bonds. The Hall–Kier alpha value is -2.48. The van der Waals surface area contributed by atoms with Gasteiger partial charge in [-0.05, 0) is 24.6 Å². The summed E-state index contributed by atoms with van der Waals surface area (Å²) in [6, 6.07) is 3.76. The van der Waals surface area contributed by atoms with Crippen molar-refractivity contribution in [1.29, 1.82) is 0 Å². The zero-order valence-corrected chi connectivity index (χ0v) is 11.6. The number of benzene rings is 1. The van der Waals surface area contributed by atoms with Crippen LogP contribution in [0.1, 0.15) is 25.5 Å². The van der Waals surface area contributed by atoms with Gasteiger partial charge in [-0.15, -0.1) is 0 Å². The van der Waals surface area contributed by atoms with Gasteiger partial charge in [-0.25, -0.2) is 4.79 Å². The summed E-state index contributed by atoms with van der Waals surface area (Å²) in [6.07, 6.45) is -1.37. The summed E-state index contributed by atoms with van der Waals surface area (Å²) in [7, 11) is 0. The summed E-state index contributed by atoms with van der Waals surface area (Å²) in [6.45, 7) is 2.90. The van der Waals surface area contributed by atoms with Gasteiger partial charge < -0.3 is 15.2 Å². The van der Waals surface area contributed by atoms with Crippen molar-refractivity contribution in [2.24, 2.45) is 0 Å². The predicted molar refractivity (Wildman–Crippen MR) is 72.3 cm³/mol. The lowest BCUT2D eigenvalue weighted by molar-refractivity contribution is -0.384. The zero-order chi connectivity index (χ0) is 16.0. The second-order valence-corrected chi connectivity index (χ2v) is 4.22. The molecule has 0 radical (unpaired) electrons. The first kappa shape index (κ1) is 16.6. The van der Waals surface area contributed by atoms with Gasteiger partial charge in [-0.3, -0.25) is 14.9 Å². The molecule has 0 bridgehead atoms. The molecule has 8 heteroatoms. The molecule has 0 saturated heterocycles. The van der Waals surface area contributed by atoms with E-state index < -0.39 is 28.9 Å². The molecule has 0 aliphatic heterocycles. The Labute approximate surface area is 120 Å². The van der Waals surface area contributed by atoms with E-state index in [0.29, 0.717) is 0 Å². The SMILES string of the molecule is CCOC(=O)[C@H](NC(C)=O)[C@@H](O)c1ccc([N+](=O)[O-])cc1. The highest BCUT2D eigenvalue weighted by molar-refractivity contribution is 5.84. The fourth-order valence-corrected chi connectivity index (χ4v) is 1.70. The van der Waals surface area contributed by atoms with Gasteiger partial charge in [0.15, 0.2) is 6.04 Å². The van der Waals surface area contributed by atoms with Crippen LogP contribution >= 0.6 is 0 Å². The summed E-state index contributed by atoms with van der Waals surface area (Å²) >= 11 is 0. The second kappa shape index (κ2) is 7.34. The monoisotopic (exact) mass is 296 g/mol. The number of nitro benzene ring substituents is 1. The van der Waals surface area contributed by atoms with Crippen LogP contribution in [0.25, 0.3) is 0 Å². The minimum Gasteiger partial charge on any atom is -0.464 e. The number of nitrogens with zero attached hydrogens (tertiary/aromatic N) is 1. The number of ether oxygens (including phenoxy) is 1. The number of nitro groups is 1. The van der Waals surface area contributed by atoms with E-state index in [2.05, 4.69) is 5.32 Å². The molecule has 0 heterocycles. The number of carbonyl (C=O) groups excluding carboxylic acids is 2. The molecule has 0 aromatic heterocycles. The number of nitrogens with one attached hydrogen (secondary N) is 1. The lowest BCUT2D eigenvalue weighted by atomic mass is 10.0. The fourth-order valence-electron chi connectivity index (χ4n) is 1.70. The molecule has 0 saturated carbocycles. The smallest absolute Gasteiger partial charge is 0.331 e. The van der Waals surface area contributed by atoms with Gasteiger partial charge in [0.2, 0.25) is 5.91 Å². The highest BCUT2D eigenvalue weighted by Crippen LogP contribution is 2.21. The average Bonchev–Trinajstić information content (AvgIpc) is 2.44. The maximum atomic E-state index is 11.8. The van der Waals surface area contributed by atoms with Crippen molar-refractivity contribution in [3.63, 3.8) is 0 Å². The average molecular weight is 296 g/mol. The molecule has 0 aliphatic carbocycles. The number of hydrogen-bond acceptors (Lipinski definition) is 6. The first-order valence-corrected chi connectivity index (χ1v) is 6.23. The molecule has 0 fully saturated rings. The highest BCUT2D eigenvalue weighted by Gasteiger charge is 2.30. The van der Waals surface area contributed by atoms with E-state index in [1.807, 2.05) is 0 Å². The quantitative estimate of drug-likeness (QED) is 0.453. The van der Waals surface area contributed by atoms with Crippen LogP contribution in [0.15, 0.2) is 24.3 Å². The second-order valence-electron chi connectivity index (χ2n) is 4.22. The van der Waals surface area contributed by atoms with Gasteiger partial charge in [0.25, 0.3) is 5.69 Å². The van der Waals surface area contributed by atoms with Gasteiger partial charge >= 0.3 is 5.97 Å². The number of non-ortho nitro benzene ring substituents is 1. The van der Waals surface area contributed by atoms with Gasteiger partial charge in [-0.1, -0.05) is 0 Å². The van der Waals surface area contributed by atoms with Crippen molar-refractivity contribution in [3.8, 4) is 0 Å². The molecule has 1 rings (SSSR count). The Morgan fingerprint density at radius 2 is 1.95 bits per heavy atom. The van der Waals surface area contributed by atoms with E-state index in [0.717, 1.165) is 0 Å². The Morgan fingerprint density at radius 3 is 2.38 bits per heavy atom. The Kier molecular flexibility index (Phi) is 5.79. The third kappa shape index (κ3) is 4.53. The van der Waals surface area contributed by atoms with Gasteiger partial charge in [-0.2, -0.15) is 0 Å². The van der Waals surface area contributed by atoms with Crippen LogP contribution in [0.5, 0.6) is 0 Å². The summed E-state index contributed by atoms with van der Waals surface area (Å²) in [5.74, 6) is -1.28. The largest absolute Gasteiger partial charge is 0.464 e. The Bertz CT molecular complexity index is 528. The number of esters is 1. The van der Waals surface area contributed by atoms with Crippen LogP contribution in [-0.2, 0) is 14.3 Å². The molecular weight excluding hydrogens is 280 g/mol. The molecule has 2 N–H and O–H groups in total. The van der Waals surface area contributed by atoms with Gasteiger partial charge in [0.05, 0.1) is 11.5 Å². The summed E-state index contributed by atoms with van der Waals surface area (Å²) in [5.41, 5.74) is 0.116. The lowest BCUT2D eigenvalue weighted by Gasteiger charge is -2.22. The van der Waals surface area contributed by atoms with Gasteiger partial charge in [0.1, 0.15) is 6.10 Å². The summed E-state index contributed by atoms with van der Waals surface area (Å²) in [5, 5.41) is 23.0. The standard InChI is InChI=1S/C13H16N2O6/c1-3-21-13(18)11(14-8(2)16)12(17)9-4-6-10(7-5-9)15(19)20/h4-7,11-12,17H,3H2,1-2H3,(H,14,16)/t11-,12+/m1/s1. The molecule has 8 nitrogen and oxygen atoms in total. The molecule has 2 atom stereocenters. The van der Waals surface area contributed by atoms with Crippen molar-refractivity contribution in [2.45, 2.75) is 26.0 Å². The molecule has 1 aromatic carbocycles. The van der Waals surface area contributed by atoms with E-state index in [1.165, 1.54) is 31.2 Å². The number of rotatable bonds is 6. The number of carbonyl (C=O) groups is 2. The summed E-state index contributed by atoms with van der Waals surface area (Å²) in [4.78, 5) is 32.9. The third-order valence-corrected chi connectivity index (χ3v) is 2.66. The number of aliphatic hydroxyl groups is 1. The van der Waals surface area contributed by atoms with Crippen LogP contribution < -0.4 is 5.32 Å². The maximum absolute atomic E-state index is 11.8. The van der Waals surface area contributed by atoms with Crippen LogP contribution in [0.4, 0.5) is 5.69 Å². The van der Waals surface area contributed by atoms with Crippen molar-refractivity contribution in [1.82, 2.24) is 5.32 Å². The topological polar surface area (TPSA) is 119 Å². The normalized spacial score (nSPS) is 13.1. The molecule has 21 heavy (non-hydrogen) atoms. The molecule has 0 unspecified atom stereocenters.